The molecular formula is C15H21NOS. The summed E-state index contributed by atoms with van der Waals surface area (Å²) in [5, 5.41) is 5.76. The Morgan fingerprint density at radius 1 is 1.39 bits per heavy atom. The van der Waals surface area contributed by atoms with Crippen LogP contribution in [-0.4, -0.2) is 6.54 Å². The molecule has 2 nitrogen and oxygen atoms in total. The lowest BCUT2D eigenvalue weighted by molar-refractivity contribution is 0.481. The number of nitrogens with one attached hydrogen (secondary N) is 1. The lowest BCUT2D eigenvalue weighted by atomic mass is 10.0. The van der Waals surface area contributed by atoms with Gasteiger partial charge in [-0.1, -0.05) is 13.0 Å². The summed E-state index contributed by atoms with van der Waals surface area (Å²) in [6.45, 7) is 7.30. The van der Waals surface area contributed by atoms with Gasteiger partial charge in [-0.3, -0.25) is 0 Å². The normalized spacial score (nSPS) is 12.8. The van der Waals surface area contributed by atoms with Crippen LogP contribution in [0.15, 0.2) is 28.0 Å². The predicted octanol–water partition coefficient (Wildman–Crippen LogP) is 4.24. The highest BCUT2D eigenvalue weighted by Gasteiger charge is 2.17. The van der Waals surface area contributed by atoms with E-state index in [2.05, 4.69) is 42.7 Å². The number of rotatable bonds is 6. The van der Waals surface area contributed by atoms with E-state index in [4.69, 9.17) is 4.42 Å². The second-order valence-electron chi connectivity index (χ2n) is 4.66. The molecule has 0 bridgehead atoms. The maximum Gasteiger partial charge on any atom is 0.105 e. The van der Waals surface area contributed by atoms with E-state index in [1.807, 2.05) is 18.3 Å². The van der Waals surface area contributed by atoms with Crippen LogP contribution >= 0.6 is 11.3 Å². The van der Waals surface area contributed by atoms with Crippen LogP contribution in [0.4, 0.5) is 0 Å². The Morgan fingerprint density at radius 2 is 2.22 bits per heavy atom. The molecular weight excluding hydrogens is 242 g/mol. The summed E-state index contributed by atoms with van der Waals surface area (Å²) in [5.41, 5.74) is 1.30. The van der Waals surface area contributed by atoms with Gasteiger partial charge in [0.15, 0.2) is 0 Å². The summed E-state index contributed by atoms with van der Waals surface area (Å²) >= 11 is 1.82. The molecule has 2 rings (SSSR count). The first kappa shape index (κ1) is 13.4. The van der Waals surface area contributed by atoms with Gasteiger partial charge in [-0.05, 0) is 44.3 Å². The summed E-state index contributed by atoms with van der Waals surface area (Å²) in [7, 11) is 0. The van der Waals surface area contributed by atoms with E-state index in [1.54, 1.807) is 0 Å². The summed E-state index contributed by atoms with van der Waals surface area (Å²) in [5.74, 6) is 2.04. The third-order valence-electron chi connectivity index (χ3n) is 3.08. The maximum absolute atomic E-state index is 5.66. The van der Waals surface area contributed by atoms with Gasteiger partial charge in [0.2, 0.25) is 0 Å². The highest BCUT2D eigenvalue weighted by molar-refractivity contribution is 7.09. The lowest BCUT2D eigenvalue weighted by Gasteiger charge is -2.17. The van der Waals surface area contributed by atoms with E-state index in [0.717, 1.165) is 30.9 Å². The molecule has 2 heterocycles. The van der Waals surface area contributed by atoms with Gasteiger partial charge < -0.3 is 9.73 Å². The number of thiophene rings is 1. The van der Waals surface area contributed by atoms with Crippen molar-refractivity contribution in [2.45, 2.75) is 39.7 Å². The van der Waals surface area contributed by atoms with Crippen LogP contribution in [0.1, 0.15) is 41.3 Å². The zero-order chi connectivity index (χ0) is 13.0. The van der Waals surface area contributed by atoms with Crippen molar-refractivity contribution in [3.63, 3.8) is 0 Å². The molecule has 0 saturated heterocycles. The average molecular weight is 263 g/mol. The fourth-order valence-corrected chi connectivity index (χ4v) is 2.99. The standard InChI is InChI=1S/C15H21NOS/c1-4-7-16-15(10-13-6-5-8-18-13)14-9-11(2)17-12(14)3/h5-6,8-9,15-16H,4,7,10H2,1-3H3. The molecule has 18 heavy (non-hydrogen) atoms. The molecule has 98 valence electrons. The smallest absolute Gasteiger partial charge is 0.105 e. The monoisotopic (exact) mass is 263 g/mol. The van der Waals surface area contributed by atoms with Crippen molar-refractivity contribution in [3.8, 4) is 0 Å². The molecule has 1 N–H and O–H groups in total. The first-order valence-corrected chi connectivity index (χ1v) is 7.41. The largest absolute Gasteiger partial charge is 0.466 e. The highest BCUT2D eigenvalue weighted by atomic mass is 32.1. The molecule has 0 amide bonds. The number of hydrogen-bond acceptors (Lipinski definition) is 3. The minimum atomic E-state index is 0.362. The molecule has 0 radical (unpaired) electrons. The van der Waals surface area contributed by atoms with Crippen molar-refractivity contribution in [3.05, 3.63) is 45.5 Å². The van der Waals surface area contributed by atoms with Crippen LogP contribution in [0.3, 0.4) is 0 Å². The van der Waals surface area contributed by atoms with Crippen molar-refractivity contribution < 1.29 is 4.42 Å². The molecule has 2 aromatic rings. The first-order valence-electron chi connectivity index (χ1n) is 6.53. The Hall–Kier alpha value is -1.06. The summed E-state index contributed by atoms with van der Waals surface area (Å²) < 4.78 is 5.66. The van der Waals surface area contributed by atoms with E-state index >= 15 is 0 Å². The van der Waals surface area contributed by atoms with E-state index in [-0.39, 0.29) is 0 Å². The fourth-order valence-electron chi connectivity index (χ4n) is 2.24. The molecule has 1 unspecified atom stereocenters. The van der Waals surface area contributed by atoms with Crippen LogP contribution < -0.4 is 5.32 Å². The van der Waals surface area contributed by atoms with Crippen LogP contribution in [0, 0.1) is 13.8 Å². The highest BCUT2D eigenvalue weighted by Crippen LogP contribution is 2.26. The molecule has 0 aliphatic heterocycles. The van der Waals surface area contributed by atoms with Gasteiger partial charge in [-0.15, -0.1) is 11.3 Å². The van der Waals surface area contributed by atoms with Crippen molar-refractivity contribution in [1.29, 1.82) is 0 Å². The molecule has 0 spiro atoms. The minimum Gasteiger partial charge on any atom is -0.466 e. The van der Waals surface area contributed by atoms with Gasteiger partial charge in [0.05, 0.1) is 0 Å². The molecule has 3 heteroatoms. The van der Waals surface area contributed by atoms with Crippen molar-refractivity contribution in [2.75, 3.05) is 6.54 Å². The van der Waals surface area contributed by atoms with Crippen LogP contribution in [0.5, 0.6) is 0 Å². The van der Waals surface area contributed by atoms with Crippen molar-refractivity contribution in [1.82, 2.24) is 5.32 Å². The van der Waals surface area contributed by atoms with Crippen LogP contribution in [0.2, 0.25) is 0 Å². The molecule has 0 aliphatic rings. The summed E-state index contributed by atoms with van der Waals surface area (Å²) in [6, 6.07) is 6.84. The summed E-state index contributed by atoms with van der Waals surface area (Å²) in [6.07, 6.45) is 2.19. The molecule has 0 saturated carbocycles. The Kier molecular flexibility index (Phi) is 4.61. The molecule has 0 aromatic carbocycles. The van der Waals surface area contributed by atoms with Crippen LogP contribution in [0.25, 0.3) is 0 Å². The van der Waals surface area contributed by atoms with Gasteiger partial charge in [0, 0.05) is 22.9 Å². The second kappa shape index (κ2) is 6.21. The van der Waals surface area contributed by atoms with Gasteiger partial charge in [0.25, 0.3) is 0 Å². The quantitative estimate of drug-likeness (QED) is 0.843. The fraction of sp³-hybridized carbons (Fsp3) is 0.467. The van der Waals surface area contributed by atoms with Gasteiger partial charge in [-0.2, -0.15) is 0 Å². The second-order valence-corrected chi connectivity index (χ2v) is 5.69. The maximum atomic E-state index is 5.66. The number of aryl methyl sites for hydroxylation is 2. The lowest BCUT2D eigenvalue weighted by Crippen LogP contribution is -2.24. The Bertz CT molecular complexity index is 473. The third kappa shape index (κ3) is 3.24. The zero-order valence-corrected chi connectivity index (χ0v) is 12.1. The zero-order valence-electron chi connectivity index (χ0n) is 11.3. The van der Waals surface area contributed by atoms with E-state index in [1.165, 1.54) is 10.4 Å². The Balaban J connectivity index is 2.16. The Morgan fingerprint density at radius 3 is 2.78 bits per heavy atom. The molecule has 2 aromatic heterocycles. The van der Waals surface area contributed by atoms with E-state index < -0.39 is 0 Å². The number of hydrogen-bond donors (Lipinski definition) is 1. The average Bonchev–Trinajstić information content (AvgIpc) is 2.94. The van der Waals surface area contributed by atoms with Gasteiger partial charge in [-0.25, -0.2) is 0 Å². The first-order chi connectivity index (χ1) is 8.70. The molecule has 0 aliphatic carbocycles. The third-order valence-corrected chi connectivity index (χ3v) is 3.98. The van der Waals surface area contributed by atoms with Crippen LogP contribution in [-0.2, 0) is 6.42 Å². The van der Waals surface area contributed by atoms with E-state index in [0.29, 0.717) is 6.04 Å². The SMILES string of the molecule is CCCNC(Cc1cccs1)c1cc(C)oc1C. The van der Waals surface area contributed by atoms with Crippen molar-refractivity contribution in [2.24, 2.45) is 0 Å². The van der Waals surface area contributed by atoms with Gasteiger partial charge in [0.1, 0.15) is 11.5 Å². The summed E-state index contributed by atoms with van der Waals surface area (Å²) in [4.78, 5) is 1.42. The molecule has 1 atom stereocenters. The topological polar surface area (TPSA) is 25.2 Å². The van der Waals surface area contributed by atoms with Crippen molar-refractivity contribution >= 4 is 11.3 Å². The minimum absolute atomic E-state index is 0.362. The predicted molar refractivity (Wildman–Crippen MR) is 77.2 cm³/mol. The Labute approximate surface area is 113 Å². The van der Waals surface area contributed by atoms with E-state index in [9.17, 15) is 0 Å². The molecule has 0 fully saturated rings. The number of furan rings is 1. The van der Waals surface area contributed by atoms with Gasteiger partial charge >= 0.3 is 0 Å².